The van der Waals surface area contributed by atoms with Crippen molar-refractivity contribution in [3.8, 4) is 0 Å². The number of piperidine rings is 1. The van der Waals surface area contributed by atoms with Gasteiger partial charge >= 0.3 is 0 Å². The van der Waals surface area contributed by atoms with Gasteiger partial charge in [0.05, 0.1) is 4.90 Å². The van der Waals surface area contributed by atoms with Gasteiger partial charge in [0.1, 0.15) is 0 Å². The molecule has 1 aromatic rings. The number of nitrogens with one attached hydrogen (secondary N) is 1. The van der Waals surface area contributed by atoms with Crippen LogP contribution >= 0.6 is 0 Å². The lowest BCUT2D eigenvalue weighted by Gasteiger charge is -2.35. The number of aryl methyl sites for hydroxylation is 2. The van der Waals surface area contributed by atoms with Crippen LogP contribution in [0, 0.1) is 13.8 Å². The van der Waals surface area contributed by atoms with E-state index in [-0.39, 0.29) is 18.9 Å². The molecule has 2 fully saturated rings. The SMILES string of the molecule is Cc1ccc(S(=O)(=O)N(CCC(=O)N2CCNCC2)CCN2CCCCC2C)c(C)c1. The minimum absolute atomic E-state index is 0.0358. The molecule has 0 saturated carbocycles. The number of amides is 1. The molecule has 1 N–H and O–H groups in total. The molecule has 1 atom stereocenters. The highest BCUT2D eigenvalue weighted by atomic mass is 32.2. The molecule has 0 spiro atoms. The van der Waals surface area contributed by atoms with Crippen LogP contribution in [-0.4, -0.2) is 86.8 Å². The number of carbonyl (C=O) groups excluding carboxylic acids is 1. The Kier molecular flexibility index (Phi) is 8.50. The second-order valence-corrected chi connectivity index (χ2v) is 10.8. The normalized spacial score (nSPS) is 20.9. The number of likely N-dealkylation sites (tertiary alicyclic amines) is 1. The Labute approximate surface area is 187 Å². The van der Waals surface area contributed by atoms with E-state index in [1.165, 1.54) is 10.7 Å². The molecular weight excluding hydrogens is 412 g/mol. The first-order valence-electron chi connectivity index (χ1n) is 11.6. The lowest BCUT2D eigenvalue weighted by atomic mass is 10.0. The number of benzene rings is 1. The molecule has 174 valence electrons. The third kappa shape index (κ3) is 6.28. The molecule has 2 saturated heterocycles. The fourth-order valence-electron chi connectivity index (χ4n) is 4.60. The molecule has 1 amide bonds. The van der Waals surface area contributed by atoms with Gasteiger partial charge in [-0.15, -0.1) is 0 Å². The zero-order chi connectivity index (χ0) is 22.4. The predicted molar refractivity (Wildman–Crippen MR) is 124 cm³/mol. The molecule has 31 heavy (non-hydrogen) atoms. The van der Waals surface area contributed by atoms with E-state index < -0.39 is 10.0 Å². The van der Waals surface area contributed by atoms with Crippen LogP contribution in [0.1, 0.15) is 43.7 Å². The average Bonchev–Trinajstić information content (AvgIpc) is 2.74. The van der Waals surface area contributed by atoms with Crippen LogP contribution in [0.15, 0.2) is 23.1 Å². The maximum absolute atomic E-state index is 13.6. The van der Waals surface area contributed by atoms with Crippen LogP contribution in [0.25, 0.3) is 0 Å². The summed E-state index contributed by atoms with van der Waals surface area (Å²) in [5.74, 6) is 0.0358. The largest absolute Gasteiger partial charge is 0.340 e. The minimum atomic E-state index is -3.67. The number of nitrogens with zero attached hydrogens (tertiary/aromatic N) is 3. The van der Waals surface area contributed by atoms with E-state index in [1.807, 2.05) is 30.9 Å². The lowest BCUT2D eigenvalue weighted by molar-refractivity contribution is -0.131. The Hall–Kier alpha value is -1.48. The van der Waals surface area contributed by atoms with Crippen LogP contribution in [0.4, 0.5) is 0 Å². The van der Waals surface area contributed by atoms with Crippen molar-refractivity contribution in [2.45, 2.75) is 57.4 Å². The van der Waals surface area contributed by atoms with Crippen molar-refractivity contribution in [2.24, 2.45) is 0 Å². The van der Waals surface area contributed by atoms with Gasteiger partial charge in [-0.25, -0.2) is 8.42 Å². The van der Waals surface area contributed by atoms with Gasteiger partial charge in [-0.3, -0.25) is 9.69 Å². The number of carbonyl (C=O) groups is 1. The highest BCUT2D eigenvalue weighted by molar-refractivity contribution is 7.89. The van der Waals surface area contributed by atoms with Crippen molar-refractivity contribution in [3.63, 3.8) is 0 Å². The fourth-order valence-corrected chi connectivity index (χ4v) is 6.24. The van der Waals surface area contributed by atoms with Crippen molar-refractivity contribution in [2.75, 3.05) is 52.4 Å². The Morgan fingerprint density at radius 2 is 1.87 bits per heavy atom. The zero-order valence-electron chi connectivity index (χ0n) is 19.3. The summed E-state index contributed by atoms with van der Waals surface area (Å²) in [6.45, 7) is 11.3. The van der Waals surface area contributed by atoms with Gasteiger partial charge in [-0.1, -0.05) is 24.1 Å². The summed E-state index contributed by atoms with van der Waals surface area (Å²) in [4.78, 5) is 17.3. The molecular formula is C23H38N4O3S. The summed E-state index contributed by atoms with van der Waals surface area (Å²) >= 11 is 0. The molecule has 0 bridgehead atoms. The standard InChI is InChI=1S/C23H38N4O3S/c1-19-7-8-22(20(2)18-19)31(29,30)27(17-16-25-12-5-4-6-21(25)3)13-9-23(28)26-14-10-24-11-15-26/h7-8,18,21,24H,4-6,9-17H2,1-3H3. The molecule has 2 aliphatic heterocycles. The Morgan fingerprint density at radius 3 is 2.55 bits per heavy atom. The molecule has 0 radical (unpaired) electrons. The molecule has 3 rings (SSSR count). The number of hydrogen-bond acceptors (Lipinski definition) is 5. The van der Waals surface area contributed by atoms with E-state index in [4.69, 9.17) is 0 Å². The van der Waals surface area contributed by atoms with Gasteiger partial charge in [0.25, 0.3) is 0 Å². The fraction of sp³-hybridized carbons (Fsp3) is 0.696. The molecule has 7 nitrogen and oxygen atoms in total. The number of rotatable bonds is 8. The number of hydrogen-bond donors (Lipinski definition) is 1. The summed E-state index contributed by atoms with van der Waals surface area (Å²) in [6.07, 6.45) is 3.78. The molecule has 0 aromatic heterocycles. The zero-order valence-corrected chi connectivity index (χ0v) is 20.1. The molecule has 2 aliphatic rings. The van der Waals surface area contributed by atoms with E-state index in [0.29, 0.717) is 37.1 Å². The summed E-state index contributed by atoms with van der Waals surface area (Å²) in [5, 5.41) is 3.25. The summed E-state index contributed by atoms with van der Waals surface area (Å²) < 4.78 is 28.7. The van der Waals surface area contributed by atoms with Crippen molar-refractivity contribution >= 4 is 15.9 Å². The Morgan fingerprint density at radius 1 is 1.13 bits per heavy atom. The first-order valence-corrected chi connectivity index (χ1v) is 13.0. The molecule has 1 aromatic carbocycles. The second-order valence-electron chi connectivity index (χ2n) is 8.93. The van der Waals surface area contributed by atoms with E-state index in [2.05, 4.69) is 17.1 Å². The van der Waals surface area contributed by atoms with Crippen molar-refractivity contribution < 1.29 is 13.2 Å². The smallest absolute Gasteiger partial charge is 0.243 e. The molecule has 0 aliphatic carbocycles. The van der Waals surface area contributed by atoms with Gasteiger partial charge in [-0.05, 0) is 51.8 Å². The van der Waals surface area contributed by atoms with Crippen molar-refractivity contribution in [1.29, 1.82) is 0 Å². The van der Waals surface area contributed by atoms with Crippen molar-refractivity contribution in [1.82, 2.24) is 19.4 Å². The third-order valence-electron chi connectivity index (χ3n) is 6.57. The highest BCUT2D eigenvalue weighted by Crippen LogP contribution is 2.22. The predicted octanol–water partition coefficient (Wildman–Crippen LogP) is 1.99. The quantitative estimate of drug-likeness (QED) is 0.656. The van der Waals surface area contributed by atoms with E-state index in [1.54, 1.807) is 6.07 Å². The maximum atomic E-state index is 13.6. The van der Waals surface area contributed by atoms with Crippen LogP contribution < -0.4 is 5.32 Å². The van der Waals surface area contributed by atoms with Gasteiger partial charge in [0.15, 0.2) is 0 Å². The minimum Gasteiger partial charge on any atom is -0.340 e. The van der Waals surface area contributed by atoms with Crippen LogP contribution in [0.2, 0.25) is 0 Å². The third-order valence-corrected chi connectivity index (χ3v) is 8.63. The van der Waals surface area contributed by atoms with Gasteiger partial charge in [-0.2, -0.15) is 4.31 Å². The molecule has 8 heteroatoms. The van der Waals surface area contributed by atoms with Crippen LogP contribution in [-0.2, 0) is 14.8 Å². The first-order chi connectivity index (χ1) is 14.8. The summed E-state index contributed by atoms with van der Waals surface area (Å²) in [6, 6.07) is 5.93. The highest BCUT2D eigenvalue weighted by Gasteiger charge is 2.29. The van der Waals surface area contributed by atoms with E-state index in [0.717, 1.165) is 43.6 Å². The topological polar surface area (TPSA) is 73.0 Å². The summed E-state index contributed by atoms with van der Waals surface area (Å²) in [5.41, 5.74) is 1.80. The molecule has 2 heterocycles. The van der Waals surface area contributed by atoms with Gasteiger partial charge in [0, 0.05) is 58.3 Å². The number of sulfonamides is 1. The summed E-state index contributed by atoms with van der Waals surface area (Å²) in [7, 11) is -3.67. The Balaban J connectivity index is 1.74. The average molecular weight is 451 g/mol. The van der Waals surface area contributed by atoms with Gasteiger partial charge < -0.3 is 10.2 Å². The second kappa shape index (κ2) is 10.9. The lowest BCUT2D eigenvalue weighted by Crippen LogP contribution is -2.48. The number of piperazine rings is 1. The van der Waals surface area contributed by atoms with E-state index >= 15 is 0 Å². The van der Waals surface area contributed by atoms with Gasteiger partial charge in [0.2, 0.25) is 15.9 Å². The van der Waals surface area contributed by atoms with Crippen LogP contribution in [0.5, 0.6) is 0 Å². The monoisotopic (exact) mass is 450 g/mol. The molecule has 1 unspecified atom stereocenters. The van der Waals surface area contributed by atoms with E-state index in [9.17, 15) is 13.2 Å². The maximum Gasteiger partial charge on any atom is 0.243 e. The Bertz CT molecular complexity index is 852. The van der Waals surface area contributed by atoms with Crippen LogP contribution in [0.3, 0.4) is 0 Å². The first kappa shape index (κ1) is 24.2. The van der Waals surface area contributed by atoms with Crippen molar-refractivity contribution in [3.05, 3.63) is 29.3 Å².